The normalized spacial score (nSPS) is 20.4. The molecule has 0 unspecified atom stereocenters. The monoisotopic (exact) mass is 283 g/mol. The summed E-state index contributed by atoms with van der Waals surface area (Å²) in [6, 6.07) is 3.34. The largest absolute Gasteiger partial charge is 0.389 e. The molecule has 2 rings (SSSR count). The predicted molar refractivity (Wildman–Crippen MR) is 80.5 cm³/mol. The van der Waals surface area contributed by atoms with Crippen molar-refractivity contribution in [1.29, 1.82) is 0 Å². The number of aryl methyl sites for hydroxylation is 1. The summed E-state index contributed by atoms with van der Waals surface area (Å²) in [5, 5.41) is 9.88. The summed E-state index contributed by atoms with van der Waals surface area (Å²) in [6.45, 7) is 9.78. The molecular formula is C15H22FNOS. The van der Waals surface area contributed by atoms with Gasteiger partial charge in [-0.1, -0.05) is 0 Å². The number of benzene rings is 1. The summed E-state index contributed by atoms with van der Waals surface area (Å²) < 4.78 is 13.9. The molecule has 0 radical (unpaired) electrons. The smallest absolute Gasteiger partial charge is 0.126 e. The van der Waals surface area contributed by atoms with Crippen molar-refractivity contribution in [2.24, 2.45) is 0 Å². The molecule has 19 heavy (non-hydrogen) atoms. The van der Waals surface area contributed by atoms with Gasteiger partial charge in [-0.15, -0.1) is 0 Å². The zero-order valence-corrected chi connectivity index (χ0v) is 12.9. The third-order valence-corrected chi connectivity index (χ3v) is 4.82. The highest BCUT2D eigenvalue weighted by Crippen LogP contribution is 2.36. The zero-order chi connectivity index (χ0) is 14.2. The highest BCUT2D eigenvalue weighted by molar-refractivity contribution is 8.00. The van der Waals surface area contributed by atoms with Gasteiger partial charge in [0.2, 0.25) is 0 Å². The Kier molecular flexibility index (Phi) is 4.11. The van der Waals surface area contributed by atoms with E-state index >= 15 is 0 Å². The van der Waals surface area contributed by atoms with E-state index in [4.69, 9.17) is 0 Å². The first-order chi connectivity index (χ1) is 8.80. The van der Waals surface area contributed by atoms with Gasteiger partial charge in [0.15, 0.2) is 0 Å². The van der Waals surface area contributed by atoms with Crippen molar-refractivity contribution in [3.8, 4) is 0 Å². The molecule has 1 heterocycles. The lowest BCUT2D eigenvalue weighted by molar-refractivity contribution is 0.199. The van der Waals surface area contributed by atoms with Gasteiger partial charge in [0.1, 0.15) is 5.82 Å². The summed E-state index contributed by atoms with van der Waals surface area (Å²) in [6.07, 6.45) is -0.650. The fraction of sp³-hybridized carbons (Fsp3) is 0.600. The maximum absolute atomic E-state index is 13.7. The highest BCUT2D eigenvalue weighted by atomic mass is 32.2. The van der Waals surface area contributed by atoms with E-state index in [9.17, 15) is 9.50 Å². The number of halogens is 1. The summed E-state index contributed by atoms with van der Waals surface area (Å²) in [7, 11) is 0. The molecule has 0 bridgehead atoms. The minimum Gasteiger partial charge on any atom is -0.389 e. The molecule has 0 amide bonds. The molecule has 106 valence electrons. The summed E-state index contributed by atoms with van der Waals surface area (Å²) in [5.41, 5.74) is 2.29. The lowest BCUT2D eigenvalue weighted by Crippen LogP contribution is -2.43. The SMILES string of the molecule is Cc1cc(N2CCSC(C)(C)C2)c([C@H](C)O)cc1F. The fourth-order valence-corrected chi connectivity index (χ4v) is 3.62. The quantitative estimate of drug-likeness (QED) is 0.898. The summed E-state index contributed by atoms with van der Waals surface area (Å²) in [5.74, 6) is 0.813. The third-order valence-electron chi connectivity index (χ3n) is 3.52. The van der Waals surface area contributed by atoms with E-state index in [0.717, 1.165) is 24.5 Å². The molecule has 0 aliphatic carbocycles. The minimum absolute atomic E-state index is 0.191. The first-order valence-corrected chi connectivity index (χ1v) is 7.66. The lowest BCUT2D eigenvalue weighted by Gasteiger charge is -2.40. The average molecular weight is 283 g/mol. The number of rotatable bonds is 2. The zero-order valence-electron chi connectivity index (χ0n) is 12.0. The molecule has 2 nitrogen and oxygen atoms in total. The Bertz CT molecular complexity index is 473. The molecule has 0 saturated carbocycles. The van der Waals surface area contributed by atoms with E-state index in [0.29, 0.717) is 11.1 Å². The van der Waals surface area contributed by atoms with Crippen molar-refractivity contribution in [3.05, 3.63) is 29.1 Å². The lowest BCUT2D eigenvalue weighted by atomic mass is 10.0. The Hall–Kier alpha value is -0.740. The van der Waals surface area contributed by atoms with Crippen LogP contribution in [0.2, 0.25) is 0 Å². The van der Waals surface area contributed by atoms with E-state index in [-0.39, 0.29) is 10.6 Å². The van der Waals surface area contributed by atoms with Crippen LogP contribution in [-0.2, 0) is 0 Å². The second kappa shape index (κ2) is 5.33. The number of thioether (sulfide) groups is 1. The van der Waals surface area contributed by atoms with E-state index in [2.05, 4.69) is 18.7 Å². The van der Waals surface area contributed by atoms with E-state index < -0.39 is 6.10 Å². The van der Waals surface area contributed by atoms with Gasteiger partial charge in [0.25, 0.3) is 0 Å². The molecular weight excluding hydrogens is 261 g/mol. The molecule has 0 aromatic heterocycles. The van der Waals surface area contributed by atoms with Gasteiger partial charge in [-0.05, 0) is 45.4 Å². The standard InChI is InChI=1S/C15H22FNOS/c1-10-7-14(12(11(2)18)8-13(10)16)17-5-6-19-15(3,4)9-17/h7-8,11,18H,5-6,9H2,1-4H3/t11-/m0/s1. The van der Waals surface area contributed by atoms with Gasteiger partial charge in [0, 0.05) is 34.8 Å². The van der Waals surface area contributed by atoms with Gasteiger partial charge < -0.3 is 10.0 Å². The van der Waals surface area contributed by atoms with Crippen LogP contribution in [0.3, 0.4) is 0 Å². The van der Waals surface area contributed by atoms with Crippen LogP contribution in [0.15, 0.2) is 12.1 Å². The van der Waals surface area contributed by atoms with Crippen LogP contribution < -0.4 is 4.90 Å². The fourth-order valence-electron chi connectivity index (χ4n) is 2.51. The van der Waals surface area contributed by atoms with Crippen molar-refractivity contribution in [2.45, 2.75) is 38.5 Å². The molecule has 1 aliphatic heterocycles. The maximum Gasteiger partial charge on any atom is 0.126 e. The maximum atomic E-state index is 13.7. The first kappa shape index (κ1) is 14.7. The molecule has 1 aliphatic rings. The van der Waals surface area contributed by atoms with Crippen LogP contribution in [0, 0.1) is 12.7 Å². The van der Waals surface area contributed by atoms with Crippen LogP contribution in [0.5, 0.6) is 0 Å². The van der Waals surface area contributed by atoms with E-state index in [1.807, 2.05) is 17.8 Å². The number of hydrogen-bond donors (Lipinski definition) is 1. The Morgan fingerprint density at radius 2 is 2.11 bits per heavy atom. The molecule has 1 fully saturated rings. The second-order valence-electron chi connectivity index (χ2n) is 5.87. The Morgan fingerprint density at radius 3 is 2.68 bits per heavy atom. The summed E-state index contributed by atoms with van der Waals surface area (Å²) >= 11 is 1.96. The van der Waals surface area contributed by atoms with Crippen molar-refractivity contribution in [2.75, 3.05) is 23.7 Å². The highest BCUT2D eigenvalue weighted by Gasteiger charge is 2.29. The number of nitrogens with zero attached hydrogens (tertiary/aromatic N) is 1. The van der Waals surface area contributed by atoms with Crippen LogP contribution in [0.1, 0.15) is 38.0 Å². The molecule has 1 aromatic carbocycles. The second-order valence-corrected chi connectivity index (χ2v) is 7.67. The first-order valence-electron chi connectivity index (χ1n) is 6.67. The summed E-state index contributed by atoms with van der Waals surface area (Å²) in [4.78, 5) is 2.27. The third kappa shape index (κ3) is 3.23. The number of anilines is 1. The van der Waals surface area contributed by atoms with Crippen molar-refractivity contribution < 1.29 is 9.50 Å². The van der Waals surface area contributed by atoms with Gasteiger partial charge in [0.05, 0.1) is 6.10 Å². The Labute approximate surface area is 119 Å². The topological polar surface area (TPSA) is 23.5 Å². The van der Waals surface area contributed by atoms with Gasteiger partial charge in [-0.2, -0.15) is 11.8 Å². The van der Waals surface area contributed by atoms with Gasteiger partial charge in [-0.3, -0.25) is 0 Å². The molecule has 1 saturated heterocycles. The molecule has 4 heteroatoms. The van der Waals surface area contributed by atoms with Crippen molar-refractivity contribution >= 4 is 17.4 Å². The van der Waals surface area contributed by atoms with Gasteiger partial charge >= 0.3 is 0 Å². The molecule has 0 spiro atoms. The molecule has 1 N–H and O–H groups in total. The average Bonchev–Trinajstić information content (AvgIpc) is 2.30. The molecule has 1 aromatic rings. The molecule has 1 atom stereocenters. The van der Waals surface area contributed by atoms with E-state index in [1.165, 1.54) is 6.07 Å². The van der Waals surface area contributed by atoms with Crippen LogP contribution in [0.25, 0.3) is 0 Å². The number of aliphatic hydroxyl groups excluding tert-OH is 1. The van der Waals surface area contributed by atoms with Crippen molar-refractivity contribution in [1.82, 2.24) is 0 Å². The predicted octanol–water partition coefficient (Wildman–Crippen LogP) is 3.52. The van der Waals surface area contributed by atoms with Gasteiger partial charge in [-0.25, -0.2) is 4.39 Å². The Morgan fingerprint density at radius 1 is 1.42 bits per heavy atom. The minimum atomic E-state index is -0.650. The van der Waals surface area contributed by atoms with Crippen LogP contribution >= 0.6 is 11.8 Å². The van der Waals surface area contributed by atoms with Crippen LogP contribution in [-0.4, -0.2) is 28.7 Å². The van der Waals surface area contributed by atoms with E-state index in [1.54, 1.807) is 13.8 Å². The number of hydrogen-bond acceptors (Lipinski definition) is 3. The van der Waals surface area contributed by atoms with Crippen LogP contribution in [0.4, 0.5) is 10.1 Å². The Balaban J connectivity index is 2.40. The van der Waals surface area contributed by atoms with Crippen molar-refractivity contribution in [3.63, 3.8) is 0 Å². The number of aliphatic hydroxyl groups is 1.